The molecule has 3 aliphatic rings. The van der Waals surface area contributed by atoms with Gasteiger partial charge in [-0.2, -0.15) is 10.1 Å². The van der Waals surface area contributed by atoms with Crippen molar-refractivity contribution in [3.63, 3.8) is 0 Å². The zero-order valence-corrected chi connectivity index (χ0v) is 15.5. The fraction of sp³-hybridized carbons (Fsp3) is 0.556. The number of hydrogen-bond acceptors (Lipinski definition) is 6. The van der Waals surface area contributed by atoms with Crippen molar-refractivity contribution in [2.75, 3.05) is 29.9 Å². The number of rotatable bonds is 4. The second kappa shape index (κ2) is 5.86. The monoisotopic (exact) mass is 389 g/mol. The van der Waals surface area contributed by atoms with E-state index in [0.29, 0.717) is 25.6 Å². The molecular weight excluding hydrogens is 368 g/mol. The van der Waals surface area contributed by atoms with E-state index < -0.39 is 11.8 Å². The molecule has 5 rings (SSSR count). The van der Waals surface area contributed by atoms with E-state index >= 15 is 0 Å². The van der Waals surface area contributed by atoms with Crippen LogP contribution in [0.5, 0.6) is 0 Å². The van der Waals surface area contributed by atoms with Crippen molar-refractivity contribution in [2.24, 2.45) is 13.0 Å². The molecule has 1 unspecified atom stereocenters. The first kappa shape index (κ1) is 17.3. The van der Waals surface area contributed by atoms with Crippen LogP contribution in [-0.4, -0.2) is 61.7 Å². The number of aryl methyl sites for hydroxylation is 1. The van der Waals surface area contributed by atoms with Crippen LogP contribution in [0.15, 0.2) is 24.7 Å². The van der Waals surface area contributed by atoms with Crippen LogP contribution >= 0.6 is 0 Å². The molecule has 1 aliphatic heterocycles. The lowest BCUT2D eigenvalue weighted by Crippen LogP contribution is -2.58. The van der Waals surface area contributed by atoms with E-state index in [4.69, 9.17) is 0 Å². The van der Waals surface area contributed by atoms with Crippen molar-refractivity contribution in [3.8, 4) is 0 Å². The van der Waals surface area contributed by atoms with Gasteiger partial charge in [-0.15, -0.1) is 0 Å². The molecule has 1 spiro atoms. The van der Waals surface area contributed by atoms with E-state index in [-0.39, 0.29) is 17.9 Å². The molecule has 3 fully saturated rings. The summed E-state index contributed by atoms with van der Waals surface area (Å²) in [7, 11) is 1.83. The first-order valence-corrected chi connectivity index (χ1v) is 9.39. The van der Waals surface area contributed by atoms with E-state index in [0.717, 1.165) is 24.3 Å². The van der Waals surface area contributed by atoms with Crippen LogP contribution in [-0.2, 0) is 11.8 Å². The minimum atomic E-state index is -2.82. The minimum absolute atomic E-state index is 0.308. The third-order valence-corrected chi connectivity index (χ3v) is 5.79. The van der Waals surface area contributed by atoms with Gasteiger partial charge in [0, 0.05) is 45.5 Å². The van der Waals surface area contributed by atoms with Gasteiger partial charge in [-0.1, -0.05) is 0 Å². The predicted octanol–water partition coefficient (Wildman–Crippen LogP) is 1.79. The zero-order chi connectivity index (χ0) is 19.5. The normalized spacial score (nSPS) is 24.3. The molecule has 2 aromatic rings. The molecule has 2 aliphatic carbocycles. The average Bonchev–Trinajstić information content (AvgIpc) is 3.52. The maximum atomic E-state index is 13.4. The Labute approximate surface area is 160 Å². The molecule has 148 valence electrons. The van der Waals surface area contributed by atoms with E-state index in [1.54, 1.807) is 22.0 Å². The Morgan fingerprint density at radius 3 is 2.75 bits per heavy atom. The first-order chi connectivity index (χ1) is 13.4. The molecule has 0 bridgehead atoms. The highest BCUT2D eigenvalue weighted by Gasteiger charge is 2.65. The van der Waals surface area contributed by atoms with E-state index in [2.05, 4.69) is 25.3 Å². The van der Waals surface area contributed by atoms with Gasteiger partial charge in [0.15, 0.2) is 0 Å². The summed E-state index contributed by atoms with van der Waals surface area (Å²) >= 11 is 0. The Morgan fingerprint density at radius 1 is 1.32 bits per heavy atom. The summed E-state index contributed by atoms with van der Waals surface area (Å²) in [6.07, 6.45) is 6.58. The Morgan fingerprint density at radius 2 is 2.11 bits per heavy atom. The summed E-state index contributed by atoms with van der Waals surface area (Å²) in [5.74, 6) is -3.10. The second-order valence-corrected chi connectivity index (χ2v) is 7.92. The van der Waals surface area contributed by atoms with Crippen molar-refractivity contribution < 1.29 is 13.6 Å². The first-order valence-electron chi connectivity index (χ1n) is 9.39. The summed E-state index contributed by atoms with van der Waals surface area (Å²) in [5, 5.41) is 7.22. The minimum Gasteiger partial charge on any atom is -0.352 e. The molecule has 28 heavy (non-hydrogen) atoms. The number of nitrogens with one attached hydrogen (secondary N) is 1. The highest BCUT2D eigenvalue weighted by atomic mass is 19.3. The summed E-state index contributed by atoms with van der Waals surface area (Å²) < 4.78 is 28.4. The summed E-state index contributed by atoms with van der Waals surface area (Å²) in [6.45, 7) is 1.62. The summed E-state index contributed by atoms with van der Waals surface area (Å²) in [5.41, 5.74) is 0.467. The number of anilines is 3. The maximum Gasteiger partial charge on any atom is 0.260 e. The molecule has 10 heteroatoms. The van der Waals surface area contributed by atoms with Gasteiger partial charge in [-0.25, -0.2) is 13.8 Å². The van der Waals surface area contributed by atoms with Gasteiger partial charge < -0.3 is 15.1 Å². The number of hydrogen-bond donors (Lipinski definition) is 1. The van der Waals surface area contributed by atoms with Gasteiger partial charge in [-0.05, 0) is 18.9 Å². The quantitative estimate of drug-likeness (QED) is 0.859. The van der Waals surface area contributed by atoms with Crippen LogP contribution in [0.3, 0.4) is 0 Å². The van der Waals surface area contributed by atoms with Gasteiger partial charge in [0.1, 0.15) is 11.7 Å². The van der Waals surface area contributed by atoms with E-state index in [1.165, 1.54) is 0 Å². The van der Waals surface area contributed by atoms with Gasteiger partial charge in [0.05, 0.1) is 17.4 Å². The van der Waals surface area contributed by atoms with Crippen molar-refractivity contribution in [2.45, 2.75) is 30.7 Å². The zero-order valence-electron chi connectivity index (χ0n) is 15.5. The third kappa shape index (κ3) is 2.96. The van der Waals surface area contributed by atoms with Crippen LogP contribution in [0.4, 0.5) is 26.2 Å². The molecule has 2 saturated carbocycles. The lowest BCUT2D eigenvalue weighted by atomic mass is 10.1. The SMILES string of the molecule is Cn1cc(Nc2nccc(N3CCN(C(=O)C4CC4(F)F)C4(CC4)C3)n2)cn1. The lowest BCUT2D eigenvalue weighted by Gasteiger charge is -2.42. The van der Waals surface area contributed by atoms with E-state index in [9.17, 15) is 13.6 Å². The van der Waals surface area contributed by atoms with Crippen LogP contribution in [0.1, 0.15) is 19.3 Å². The highest BCUT2D eigenvalue weighted by Crippen LogP contribution is 2.53. The van der Waals surface area contributed by atoms with Crippen molar-refractivity contribution in [3.05, 3.63) is 24.7 Å². The van der Waals surface area contributed by atoms with Gasteiger partial charge in [0.2, 0.25) is 11.9 Å². The molecular formula is C18H21F2N7O. The molecule has 0 aromatic carbocycles. The number of amides is 1. The average molecular weight is 389 g/mol. The fourth-order valence-corrected chi connectivity index (χ4v) is 3.96. The lowest BCUT2D eigenvalue weighted by molar-refractivity contribution is -0.138. The van der Waals surface area contributed by atoms with Crippen molar-refractivity contribution >= 4 is 23.4 Å². The van der Waals surface area contributed by atoms with Gasteiger partial charge in [0.25, 0.3) is 5.92 Å². The third-order valence-electron chi connectivity index (χ3n) is 5.79. The number of carbonyl (C=O) groups is 1. The predicted molar refractivity (Wildman–Crippen MR) is 97.5 cm³/mol. The van der Waals surface area contributed by atoms with Crippen LogP contribution in [0, 0.1) is 5.92 Å². The summed E-state index contributed by atoms with van der Waals surface area (Å²) in [6, 6.07) is 1.83. The number of nitrogens with zero attached hydrogens (tertiary/aromatic N) is 6. The molecule has 1 amide bonds. The smallest absolute Gasteiger partial charge is 0.260 e. The summed E-state index contributed by atoms with van der Waals surface area (Å²) in [4.78, 5) is 25.2. The molecule has 1 atom stereocenters. The Hall–Kier alpha value is -2.78. The molecule has 3 heterocycles. The number of halogens is 2. The van der Waals surface area contributed by atoms with Crippen LogP contribution in [0.25, 0.3) is 0 Å². The topological polar surface area (TPSA) is 79.2 Å². The highest BCUT2D eigenvalue weighted by molar-refractivity contribution is 5.84. The van der Waals surface area contributed by atoms with Gasteiger partial charge >= 0.3 is 0 Å². The fourth-order valence-electron chi connectivity index (χ4n) is 3.96. The van der Waals surface area contributed by atoms with Crippen LogP contribution in [0.2, 0.25) is 0 Å². The number of piperazine rings is 1. The molecule has 8 nitrogen and oxygen atoms in total. The standard InChI is InChI=1S/C18H21F2N7O/c1-25-10-12(9-22-25)23-16-21-5-2-14(24-16)26-6-7-27(17(11-26)3-4-17)15(28)13-8-18(13,19)20/h2,5,9-10,13H,3-4,6-8,11H2,1H3,(H,21,23,24). The van der Waals surface area contributed by atoms with Crippen molar-refractivity contribution in [1.82, 2.24) is 24.6 Å². The molecule has 1 saturated heterocycles. The van der Waals surface area contributed by atoms with E-state index in [1.807, 2.05) is 19.3 Å². The van der Waals surface area contributed by atoms with Gasteiger partial charge in [-0.3, -0.25) is 9.48 Å². The Bertz CT molecular complexity index is 926. The Balaban J connectivity index is 1.30. The number of aromatic nitrogens is 4. The van der Waals surface area contributed by atoms with Crippen LogP contribution < -0.4 is 10.2 Å². The molecule has 1 N–H and O–H groups in total. The largest absolute Gasteiger partial charge is 0.352 e. The van der Waals surface area contributed by atoms with Crippen molar-refractivity contribution in [1.29, 1.82) is 0 Å². The molecule has 2 aromatic heterocycles. The maximum absolute atomic E-state index is 13.4. The molecule has 0 radical (unpaired) electrons. The number of alkyl halides is 2. The Kier molecular flexibility index (Phi) is 3.62. The number of carbonyl (C=O) groups excluding carboxylic acids is 1. The second-order valence-electron chi connectivity index (χ2n) is 7.92.